The molecule has 0 spiro atoms. The number of nitrogens with one attached hydrogen (secondary N) is 1. The van der Waals surface area contributed by atoms with Crippen molar-refractivity contribution in [3.05, 3.63) is 65.0 Å². The molecule has 0 bridgehead atoms. The van der Waals surface area contributed by atoms with Gasteiger partial charge in [-0.05, 0) is 68.0 Å². The van der Waals surface area contributed by atoms with E-state index in [-0.39, 0.29) is 22.7 Å². The molecule has 2 aromatic rings. The van der Waals surface area contributed by atoms with E-state index < -0.39 is 10.0 Å². The van der Waals surface area contributed by atoms with Crippen molar-refractivity contribution in [2.45, 2.75) is 56.5 Å². The zero-order chi connectivity index (χ0) is 23.4. The van der Waals surface area contributed by atoms with Gasteiger partial charge in [-0.3, -0.25) is 9.69 Å². The minimum Gasteiger partial charge on any atom is -0.349 e. The standard InChI is InChI=1S/C25H32FN3O3S/c1-19-5-8-21(17-24(19)33(31,32)29-13-3-2-4-14-29)25(30)27-23-11-15-28(16-12-23)18-20-6-9-22(26)10-7-20/h5-10,17,23H,2-4,11-16,18H2,1H3,(H,27,30). The van der Waals surface area contributed by atoms with E-state index in [4.69, 9.17) is 0 Å². The molecule has 0 radical (unpaired) electrons. The molecule has 0 atom stereocenters. The first-order chi connectivity index (χ1) is 15.8. The number of amides is 1. The molecule has 0 aliphatic carbocycles. The van der Waals surface area contributed by atoms with Crippen LogP contribution in [-0.2, 0) is 16.6 Å². The highest BCUT2D eigenvalue weighted by Crippen LogP contribution is 2.25. The normalized spacial score (nSPS) is 18.8. The van der Waals surface area contributed by atoms with Crippen molar-refractivity contribution in [1.82, 2.24) is 14.5 Å². The highest BCUT2D eigenvalue weighted by molar-refractivity contribution is 7.89. The van der Waals surface area contributed by atoms with Crippen LogP contribution < -0.4 is 5.32 Å². The van der Waals surface area contributed by atoms with Crippen LogP contribution in [-0.4, -0.2) is 55.8 Å². The molecule has 33 heavy (non-hydrogen) atoms. The Morgan fingerprint density at radius 3 is 2.33 bits per heavy atom. The van der Waals surface area contributed by atoms with Crippen molar-refractivity contribution in [1.29, 1.82) is 0 Å². The maximum atomic E-state index is 13.1. The van der Waals surface area contributed by atoms with Gasteiger partial charge >= 0.3 is 0 Å². The lowest BCUT2D eigenvalue weighted by Gasteiger charge is -2.32. The maximum absolute atomic E-state index is 13.1. The SMILES string of the molecule is Cc1ccc(C(=O)NC2CCN(Cc3ccc(F)cc3)CC2)cc1S(=O)(=O)N1CCCCC1. The van der Waals surface area contributed by atoms with Gasteiger partial charge < -0.3 is 5.32 Å². The second kappa shape index (κ2) is 10.3. The van der Waals surface area contributed by atoms with E-state index in [2.05, 4.69) is 10.2 Å². The highest BCUT2D eigenvalue weighted by Gasteiger charge is 2.28. The van der Waals surface area contributed by atoms with Gasteiger partial charge in [0.25, 0.3) is 5.91 Å². The number of likely N-dealkylation sites (tertiary alicyclic amines) is 1. The molecule has 2 aliphatic rings. The Bertz CT molecular complexity index is 1070. The van der Waals surface area contributed by atoms with Crippen LogP contribution in [0.1, 0.15) is 53.6 Å². The van der Waals surface area contributed by atoms with Crippen molar-refractivity contribution in [3.63, 3.8) is 0 Å². The molecule has 0 saturated carbocycles. The van der Waals surface area contributed by atoms with Crippen LogP contribution in [0.15, 0.2) is 47.4 Å². The van der Waals surface area contributed by atoms with Crippen molar-refractivity contribution in [3.8, 4) is 0 Å². The number of hydrogen-bond donors (Lipinski definition) is 1. The molecule has 2 fully saturated rings. The number of benzene rings is 2. The largest absolute Gasteiger partial charge is 0.349 e. The van der Waals surface area contributed by atoms with E-state index in [1.165, 1.54) is 22.5 Å². The average Bonchev–Trinajstić information content (AvgIpc) is 2.82. The minimum atomic E-state index is -3.60. The fourth-order valence-corrected chi connectivity index (χ4v) is 6.38. The fourth-order valence-electron chi connectivity index (χ4n) is 4.62. The topological polar surface area (TPSA) is 69.7 Å². The molecule has 178 valence electrons. The van der Waals surface area contributed by atoms with Gasteiger partial charge in [0.05, 0.1) is 4.90 Å². The monoisotopic (exact) mass is 473 g/mol. The summed E-state index contributed by atoms with van der Waals surface area (Å²) in [6.45, 7) is 5.28. The molecule has 4 rings (SSSR count). The van der Waals surface area contributed by atoms with E-state index in [9.17, 15) is 17.6 Å². The molecule has 8 heteroatoms. The Hall–Kier alpha value is -2.29. The summed E-state index contributed by atoms with van der Waals surface area (Å²) in [6.07, 6.45) is 4.43. The van der Waals surface area contributed by atoms with Crippen molar-refractivity contribution >= 4 is 15.9 Å². The van der Waals surface area contributed by atoms with Crippen LogP contribution in [0.4, 0.5) is 4.39 Å². The Labute approximate surface area is 195 Å². The van der Waals surface area contributed by atoms with Crippen molar-refractivity contribution in [2.24, 2.45) is 0 Å². The molecule has 1 amide bonds. The molecule has 2 aromatic carbocycles. The van der Waals surface area contributed by atoms with Gasteiger partial charge in [0.15, 0.2) is 0 Å². The smallest absolute Gasteiger partial charge is 0.251 e. The molecule has 2 heterocycles. The second-order valence-corrected chi connectivity index (χ2v) is 11.0. The maximum Gasteiger partial charge on any atom is 0.251 e. The molecule has 0 aromatic heterocycles. The summed E-state index contributed by atoms with van der Waals surface area (Å²) in [5, 5.41) is 3.08. The summed E-state index contributed by atoms with van der Waals surface area (Å²) in [5.74, 6) is -0.467. The summed E-state index contributed by atoms with van der Waals surface area (Å²) in [5.41, 5.74) is 2.11. The summed E-state index contributed by atoms with van der Waals surface area (Å²) < 4.78 is 40.9. The zero-order valence-electron chi connectivity index (χ0n) is 19.1. The molecule has 1 N–H and O–H groups in total. The first-order valence-corrected chi connectivity index (χ1v) is 13.2. The van der Waals surface area contributed by atoms with Crippen LogP contribution >= 0.6 is 0 Å². The third kappa shape index (κ3) is 5.80. The van der Waals surface area contributed by atoms with Gasteiger partial charge in [-0.2, -0.15) is 4.31 Å². The zero-order valence-corrected chi connectivity index (χ0v) is 19.9. The number of hydrogen-bond acceptors (Lipinski definition) is 4. The van der Waals surface area contributed by atoms with Crippen LogP contribution in [0.3, 0.4) is 0 Å². The number of sulfonamides is 1. The summed E-state index contributed by atoms with van der Waals surface area (Å²) >= 11 is 0. The predicted molar refractivity (Wildman–Crippen MR) is 126 cm³/mol. The summed E-state index contributed by atoms with van der Waals surface area (Å²) in [6, 6.07) is 11.5. The van der Waals surface area contributed by atoms with E-state index in [0.717, 1.165) is 57.3 Å². The number of carbonyl (C=O) groups excluding carboxylic acids is 1. The lowest BCUT2D eigenvalue weighted by atomic mass is 10.0. The van der Waals surface area contributed by atoms with Crippen LogP contribution in [0, 0.1) is 12.7 Å². The van der Waals surface area contributed by atoms with Gasteiger partial charge in [0, 0.05) is 44.3 Å². The number of nitrogens with zero attached hydrogens (tertiary/aromatic N) is 2. The molecule has 2 saturated heterocycles. The van der Waals surface area contributed by atoms with Gasteiger partial charge in [0.2, 0.25) is 10.0 Å². The Morgan fingerprint density at radius 2 is 1.67 bits per heavy atom. The van der Waals surface area contributed by atoms with E-state index in [0.29, 0.717) is 24.2 Å². The van der Waals surface area contributed by atoms with Gasteiger partial charge in [0.1, 0.15) is 5.82 Å². The van der Waals surface area contributed by atoms with Gasteiger partial charge in [-0.1, -0.05) is 24.6 Å². The number of halogens is 1. The number of piperidine rings is 2. The summed E-state index contributed by atoms with van der Waals surface area (Å²) in [7, 11) is -3.60. The average molecular weight is 474 g/mol. The minimum absolute atomic E-state index is 0.0467. The molecule has 2 aliphatic heterocycles. The highest BCUT2D eigenvalue weighted by atomic mass is 32.2. The van der Waals surface area contributed by atoms with Gasteiger partial charge in [-0.15, -0.1) is 0 Å². The third-order valence-electron chi connectivity index (χ3n) is 6.63. The third-order valence-corrected chi connectivity index (χ3v) is 8.67. The first kappa shape index (κ1) is 23.9. The molecular formula is C25H32FN3O3S. The lowest BCUT2D eigenvalue weighted by molar-refractivity contribution is 0.0908. The Morgan fingerprint density at radius 1 is 1.00 bits per heavy atom. The fraction of sp³-hybridized carbons (Fsp3) is 0.480. The van der Waals surface area contributed by atoms with Crippen LogP contribution in [0.5, 0.6) is 0 Å². The molecule has 6 nitrogen and oxygen atoms in total. The predicted octanol–water partition coefficient (Wildman–Crippen LogP) is 3.70. The second-order valence-electron chi connectivity index (χ2n) is 9.10. The van der Waals surface area contributed by atoms with E-state index in [1.54, 1.807) is 31.2 Å². The lowest BCUT2D eigenvalue weighted by Crippen LogP contribution is -2.44. The first-order valence-electron chi connectivity index (χ1n) is 11.7. The van der Waals surface area contributed by atoms with Crippen molar-refractivity contribution in [2.75, 3.05) is 26.2 Å². The number of rotatable bonds is 6. The summed E-state index contributed by atoms with van der Waals surface area (Å²) in [4.78, 5) is 15.4. The van der Waals surface area contributed by atoms with Gasteiger partial charge in [-0.25, -0.2) is 12.8 Å². The van der Waals surface area contributed by atoms with Crippen molar-refractivity contribution < 1.29 is 17.6 Å². The molecule has 0 unspecified atom stereocenters. The Balaban J connectivity index is 1.36. The molecular weight excluding hydrogens is 441 g/mol. The van der Waals surface area contributed by atoms with E-state index in [1.807, 2.05) is 0 Å². The number of aryl methyl sites for hydroxylation is 1. The van der Waals surface area contributed by atoms with E-state index >= 15 is 0 Å². The van der Waals surface area contributed by atoms with Crippen LogP contribution in [0.25, 0.3) is 0 Å². The Kier molecular flexibility index (Phi) is 7.46. The quantitative estimate of drug-likeness (QED) is 0.695. The van der Waals surface area contributed by atoms with Crippen LogP contribution in [0.2, 0.25) is 0 Å². The number of carbonyl (C=O) groups is 1.